The molecule has 0 saturated carbocycles. The molecule has 13 heteroatoms. The van der Waals surface area contributed by atoms with Gasteiger partial charge in [-0.15, -0.1) is 0 Å². The SMILES string of the molecule is CC/C=C\C/C=C\C/C=C\C/C=C\C/C=C\C/C=C\CCC(=O)O[C@H](COC(=O)CCC[C@H](O)[C@@H](O)\C=C/C=C\C=C\C=C\[C@H](O)C/C=C\CC)COP(=O)(O)OCC[N+](C)(C)C. The molecule has 63 heavy (non-hydrogen) atoms. The number of phosphoric acid groups is 1. The van der Waals surface area contributed by atoms with Crippen molar-refractivity contribution in [3.8, 4) is 0 Å². The number of hydrogen-bond acceptors (Lipinski definition) is 10. The molecule has 0 amide bonds. The van der Waals surface area contributed by atoms with Gasteiger partial charge in [0, 0.05) is 12.8 Å². The van der Waals surface area contributed by atoms with Crippen molar-refractivity contribution in [1.29, 1.82) is 0 Å². The van der Waals surface area contributed by atoms with Crippen LogP contribution in [0.1, 0.15) is 97.3 Å². The number of carbonyl (C=O) groups is 2. The minimum atomic E-state index is -4.49. The molecule has 0 aromatic heterocycles. The zero-order valence-corrected chi connectivity index (χ0v) is 39.5. The number of allylic oxidation sites excluding steroid dienone is 19. The van der Waals surface area contributed by atoms with Crippen LogP contribution >= 0.6 is 7.82 Å². The molecule has 0 saturated heterocycles. The first-order valence-corrected chi connectivity index (χ1v) is 23.7. The molecule has 4 N–H and O–H groups in total. The maximum absolute atomic E-state index is 12.7. The van der Waals surface area contributed by atoms with Crippen LogP contribution in [0.3, 0.4) is 0 Å². The zero-order chi connectivity index (χ0) is 46.9. The Bertz CT molecular complexity index is 1580. The Morgan fingerprint density at radius 2 is 1.13 bits per heavy atom. The van der Waals surface area contributed by atoms with E-state index >= 15 is 0 Å². The van der Waals surface area contributed by atoms with Gasteiger partial charge in [-0.25, -0.2) is 4.57 Å². The first kappa shape index (κ1) is 59.0. The fourth-order valence-electron chi connectivity index (χ4n) is 4.97. The highest BCUT2D eigenvalue weighted by Crippen LogP contribution is 2.43. The lowest BCUT2D eigenvalue weighted by Gasteiger charge is -2.24. The third-order valence-corrected chi connectivity index (χ3v) is 9.52. The van der Waals surface area contributed by atoms with Gasteiger partial charge in [-0.2, -0.15) is 0 Å². The molecule has 0 aliphatic heterocycles. The van der Waals surface area contributed by atoms with Crippen molar-refractivity contribution in [2.75, 3.05) is 47.5 Å². The van der Waals surface area contributed by atoms with Crippen LogP contribution in [0.5, 0.6) is 0 Å². The third kappa shape index (κ3) is 41.8. The van der Waals surface area contributed by atoms with E-state index in [1.165, 1.54) is 6.08 Å². The molecular formula is C50H79NO11P+. The fraction of sp³-hybridized carbons (Fsp3) is 0.520. The largest absolute Gasteiger partial charge is 0.472 e. The summed E-state index contributed by atoms with van der Waals surface area (Å²) >= 11 is 0. The second-order valence-electron chi connectivity index (χ2n) is 15.5. The molecule has 0 spiro atoms. The summed E-state index contributed by atoms with van der Waals surface area (Å²) in [6, 6.07) is 0. The topological polar surface area (TPSA) is 169 Å². The summed E-state index contributed by atoms with van der Waals surface area (Å²) in [6.45, 7) is 3.59. The van der Waals surface area contributed by atoms with E-state index in [2.05, 4.69) is 61.6 Å². The van der Waals surface area contributed by atoms with E-state index in [0.717, 1.165) is 38.5 Å². The van der Waals surface area contributed by atoms with Gasteiger partial charge in [-0.3, -0.25) is 18.6 Å². The minimum Gasteiger partial charge on any atom is -0.462 e. The third-order valence-electron chi connectivity index (χ3n) is 8.53. The Labute approximate surface area is 379 Å². The Balaban J connectivity index is 4.82. The molecule has 0 rings (SSSR count). The molecule has 5 atom stereocenters. The van der Waals surface area contributed by atoms with E-state index in [1.54, 1.807) is 42.5 Å². The van der Waals surface area contributed by atoms with Gasteiger partial charge in [0.05, 0.1) is 46.1 Å². The van der Waals surface area contributed by atoms with Crippen molar-refractivity contribution in [1.82, 2.24) is 0 Å². The fourth-order valence-corrected chi connectivity index (χ4v) is 5.71. The van der Waals surface area contributed by atoms with E-state index in [4.69, 9.17) is 18.5 Å². The summed E-state index contributed by atoms with van der Waals surface area (Å²) in [7, 11) is 1.21. The second kappa shape index (κ2) is 39.6. The van der Waals surface area contributed by atoms with Gasteiger partial charge in [-0.1, -0.05) is 148 Å². The van der Waals surface area contributed by atoms with Gasteiger partial charge in [0.2, 0.25) is 0 Å². The smallest absolute Gasteiger partial charge is 0.462 e. The molecule has 0 aromatic carbocycles. The Morgan fingerprint density at radius 3 is 1.68 bits per heavy atom. The molecule has 354 valence electrons. The van der Waals surface area contributed by atoms with Crippen LogP contribution in [0.25, 0.3) is 0 Å². The Kier molecular flexibility index (Phi) is 37.1. The molecule has 0 aliphatic rings. The maximum atomic E-state index is 12.7. The summed E-state index contributed by atoms with van der Waals surface area (Å²) in [6.07, 6.45) is 46.1. The van der Waals surface area contributed by atoms with Gasteiger partial charge < -0.3 is 34.2 Å². The predicted octanol–water partition coefficient (Wildman–Crippen LogP) is 9.59. The predicted molar refractivity (Wildman–Crippen MR) is 255 cm³/mol. The van der Waals surface area contributed by atoms with E-state index < -0.39 is 57.4 Å². The van der Waals surface area contributed by atoms with E-state index in [-0.39, 0.29) is 32.3 Å². The standard InChI is InChI=1S/C50H78NO11P/c1-6-8-10-11-12-13-14-15-16-17-18-19-20-21-22-23-24-29-33-39-50(56)62-46(44-61-63(57,58)60-42-41-51(3,4)5)43-59-49(55)40-34-38-48(54)47(53)37-32-28-26-25-27-31-36-45(52)35-30-9-7-2/h8-10,12-13,15-16,18-19,21-22,24-32,36-37,45-48,52-54H,6-7,11,14,17,20,23,33-35,38-44H2,1-5H3/p+1/b10-8-,13-12-,16-15-,19-18-,22-21-,27-25+,28-26-,29-24-,30-9-,36-31+,37-32-/t45-,46-,47+,48+/m1/s1. The second-order valence-corrected chi connectivity index (χ2v) is 17.0. The molecule has 0 radical (unpaired) electrons. The molecule has 0 fully saturated rings. The van der Waals surface area contributed by atoms with Gasteiger partial charge in [-0.05, 0) is 70.6 Å². The van der Waals surface area contributed by atoms with Crippen molar-refractivity contribution < 1.29 is 57.4 Å². The van der Waals surface area contributed by atoms with Crippen LogP contribution in [0.15, 0.2) is 134 Å². The van der Waals surface area contributed by atoms with Gasteiger partial charge >= 0.3 is 19.8 Å². The summed E-state index contributed by atoms with van der Waals surface area (Å²) < 4.78 is 33.9. The highest BCUT2D eigenvalue weighted by Gasteiger charge is 2.27. The lowest BCUT2D eigenvalue weighted by atomic mass is 10.1. The summed E-state index contributed by atoms with van der Waals surface area (Å²) in [5, 5.41) is 30.5. The lowest BCUT2D eigenvalue weighted by Crippen LogP contribution is -2.37. The summed E-state index contributed by atoms with van der Waals surface area (Å²) in [4.78, 5) is 35.4. The van der Waals surface area contributed by atoms with Crippen molar-refractivity contribution in [2.24, 2.45) is 0 Å². The summed E-state index contributed by atoms with van der Waals surface area (Å²) in [5.74, 6) is -1.25. The number of aliphatic hydroxyl groups is 3. The van der Waals surface area contributed by atoms with Crippen LogP contribution in [0.4, 0.5) is 0 Å². The Morgan fingerprint density at radius 1 is 0.619 bits per heavy atom. The van der Waals surface area contributed by atoms with Gasteiger partial charge in [0.15, 0.2) is 6.10 Å². The van der Waals surface area contributed by atoms with Crippen molar-refractivity contribution >= 4 is 19.8 Å². The number of ether oxygens (including phenoxy) is 2. The molecule has 1 unspecified atom stereocenters. The normalized spacial score (nSPS) is 16.3. The highest BCUT2D eigenvalue weighted by molar-refractivity contribution is 7.47. The first-order chi connectivity index (χ1) is 30.2. The Hall–Kier alpha value is -3.97. The molecule has 0 aromatic rings. The highest BCUT2D eigenvalue weighted by atomic mass is 31.2. The van der Waals surface area contributed by atoms with Gasteiger partial charge in [0.1, 0.15) is 19.8 Å². The average Bonchev–Trinajstić information content (AvgIpc) is 3.23. The molecule has 0 heterocycles. The number of likely N-dealkylation sites (N-methyl/N-ethyl adjacent to an activating group) is 1. The van der Waals surface area contributed by atoms with Crippen LogP contribution in [0.2, 0.25) is 0 Å². The molecule has 0 bridgehead atoms. The number of carbonyl (C=O) groups excluding carboxylic acids is 2. The van der Waals surface area contributed by atoms with E-state index in [0.29, 0.717) is 30.3 Å². The number of rotatable bonds is 37. The van der Waals surface area contributed by atoms with Crippen LogP contribution in [-0.4, -0.2) is 109 Å². The monoisotopic (exact) mass is 901 g/mol. The minimum absolute atomic E-state index is 0.0321. The van der Waals surface area contributed by atoms with Gasteiger partial charge in [0.25, 0.3) is 0 Å². The first-order valence-electron chi connectivity index (χ1n) is 22.2. The molecule has 12 nitrogen and oxygen atoms in total. The lowest BCUT2D eigenvalue weighted by molar-refractivity contribution is -0.870. The van der Waals surface area contributed by atoms with Crippen molar-refractivity contribution in [3.63, 3.8) is 0 Å². The number of esters is 2. The number of nitrogens with zero attached hydrogens (tertiary/aromatic N) is 1. The van der Waals surface area contributed by atoms with E-state index in [9.17, 15) is 34.4 Å². The van der Waals surface area contributed by atoms with Crippen molar-refractivity contribution in [3.05, 3.63) is 134 Å². The maximum Gasteiger partial charge on any atom is 0.472 e. The number of phosphoric ester groups is 1. The number of hydrogen-bond donors (Lipinski definition) is 4. The van der Waals surface area contributed by atoms with Crippen molar-refractivity contribution in [2.45, 2.75) is 122 Å². The van der Waals surface area contributed by atoms with Crippen LogP contribution in [-0.2, 0) is 32.7 Å². The van der Waals surface area contributed by atoms with E-state index in [1.807, 2.05) is 58.4 Å². The zero-order valence-electron chi connectivity index (χ0n) is 38.6. The van der Waals surface area contributed by atoms with Crippen LogP contribution < -0.4 is 0 Å². The molecule has 0 aliphatic carbocycles. The number of quaternary nitrogens is 1. The summed E-state index contributed by atoms with van der Waals surface area (Å²) in [5.41, 5.74) is 0. The molecular weight excluding hydrogens is 822 g/mol. The average molecular weight is 901 g/mol. The van der Waals surface area contributed by atoms with Crippen LogP contribution in [0, 0.1) is 0 Å². The number of aliphatic hydroxyl groups excluding tert-OH is 3. The quantitative estimate of drug-likeness (QED) is 0.0154.